The van der Waals surface area contributed by atoms with Crippen LogP contribution in [0.15, 0.2) is 48.5 Å². The summed E-state index contributed by atoms with van der Waals surface area (Å²) in [5, 5.41) is 2.66. The summed E-state index contributed by atoms with van der Waals surface area (Å²) in [7, 11) is 0. The van der Waals surface area contributed by atoms with E-state index in [2.05, 4.69) is 5.32 Å². The molecule has 0 saturated carbocycles. The molecule has 1 fully saturated rings. The first-order valence-electron chi connectivity index (χ1n) is 7.60. The van der Waals surface area contributed by atoms with Gasteiger partial charge in [-0.2, -0.15) is 0 Å². The molecular weight excluding hydrogens is 325 g/mol. The SMILES string of the molecule is CC1(c2cccc(C(N)=O)c2)NC(=O)N(Cc2ccc(F)cc2)C1=O. The molecule has 4 amide bonds. The monoisotopic (exact) mass is 341 g/mol. The van der Waals surface area contributed by atoms with E-state index in [1.807, 2.05) is 0 Å². The Morgan fingerprint density at radius 1 is 1.20 bits per heavy atom. The number of carbonyl (C=O) groups is 3. The average Bonchev–Trinajstić information content (AvgIpc) is 2.81. The average molecular weight is 341 g/mol. The highest BCUT2D eigenvalue weighted by Crippen LogP contribution is 2.30. The van der Waals surface area contributed by atoms with Crippen molar-refractivity contribution in [3.8, 4) is 0 Å². The largest absolute Gasteiger partial charge is 0.366 e. The van der Waals surface area contributed by atoms with Crippen molar-refractivity contribution in [1.29, 1.82) is 0 Å². The van der Waals surface area contributed by atoms with Gasteiger partial charge in [0, 0.05) is 5.56 Å². The van der Waals surface area contributed by atoms with E-state index < -0.39 is 29.2 Å². The van der Waals surface area contributed by atoms with Crippen molar-refractivity contribution >= 4 is 17.8 Å². The Labute approximate surface area is 143 Å². The highest BCUT2D eigenvalue weighted by atomic mass is 19.1. The van der Waals surface area contributed by atoms with Crippen LogP contribution >= 0.6 is 0 Å². The molecule has 1 unspecified atom stereocenters. The number of halogens is 1. The van der Waals surface area contributed by atoms with Gasteiger partial charge in [0.15, 0.2) is 0 Å². The van der Waals surface area contributed by atoms with Gasteiger partial charge in [-0.3, -0.25) is 14.5 Å². The molecule has 6 nitrogen and oxygen atoms in total. The second-order valence-corrected chi connectivity index (χ2v) is 6.02. The zero-order valence-corrected chi connectivity index (χ0v) is 13.5. The summed E-state index contributed by atoms with van der Waals surface area (Å²) in [5.74, 6) is -1.47. The third-order valence-electron chi connectivity index (χ3n) is 4.25. The van der Waals surface area contributed by atoms with Gasteiger partial charge in [0.25, 0.3) is 5.91 Å². The second-order valence-electron chi connectivity index (χ2n) is 6.02. The van der Waals surface area contributed by atoms with Crippen LogP contribution in [0.1, 0.15) is 28.4 Å². The topological polar surface area (TPSA) is 92.5 Å². The number of hydrogen-bond donors (Lipinski definition) is 2. The fraction of sp³-hybridized carbons (Fsp3) is 0.167. The van der Waals surface area contributed by atoms with Crippen molar-refractivity contribution in [2.45, 2.75) is 19.0 Å². The predicted molar refractivity (Wildman–Crippen MR) is 87.8 cm³/mol. The molecule has 1 atom stereocenters. The smallest absolute Gasteiger partial charge is 0.325 e. The predicted octanol–water partition coefficient (Wildman–Crippen LogP) is 1.89. The number of urea groups is 1. The van der Waals surface area contributed by atoms with Crippen LogP contribution < -0.4 is 11.1 Å². The Morgan fingerprint density at radius 2 is 1.88 bits per heavy atom. The van der Waals surface area contributed by atoms with Gasteiger partial charge in [-0.05, 0) is 42.3 Å². The number of nitrogens with one attached hydrogen (secondary N) is 1. The summed E-state index contributed by atoms with van der Waals surface area (Å²) in [6.07, 6.45) is 0. The number of benzene rings is 2. The van der Waals surface area contributed by atoms with E-state index in [0.29, 0.717) is 11.1 Å². The number of rotatable bonds is 4. The van der Waals surface area contributed by atoms with Gasteiger partial charge in [-0.1, -0.05) is 24.3 Å². The van der Waals surface area contributed by atoms with Crippen LogP contribution in [0.5, 0.6) is 0 Å². The Balaban J connectivity index is 1.90. The fourth-order valence-electron chi connectivity index (χ4n) is 2.79. The van der Waals surface area contributed by atoms with E-state index >= 15 is 0 Å². The van der Waals surface area contributed by atoms with E-state index in [0.717, 1.165) is 4.90 Å². The quantitative estimate of drug-likeness (QED) is 0.832. The lowest BCUT2D eigenvalue weighted by Gasteiger charge is -2.22. The molecule has 3 rings (SSSR count). The molecule has 0 aromatic heterocycles. The number of imide groups is 1. The molecule has 1 heterocycles. The Kier molecular flexibility index (Phi) is 4.00. The summed E-state index contributed by atoms with van der Waals surface area (Å²) < 4.78 is 13.0. The molecule has 1 saturated heterocycles. The van der Waals surface area contributed by atoms with Crippen LogP contribution in [0.3, 0.4) is 0 Å². The van der Waals surface area contributed by atoms with Crippen LogP contribution in [0.25, 0.3) is 0 Å². The first-order valence-corrected chi connectivity index (χ1v) is 7.60. The van der Waals surface area contributed by atoms with Crippen LogP contribution in [0.2, 0.25) is 0 Å². The molecule has 1 aliphatic heterocycles. The first-order chi connectivity index (χ1) is 11.8. The van der Waals surface area contributed by atoms with E-state index in [-0.39, 0.29) is 12.1 Å². The Bertz CT molecular complexity index is 866. The number of nitrogens with zero attached hydrogens (tertiary/aromatic N) is 1. The van der Waals surface area contributed by atoms with Gasteiger partial charge >= 0.3 is 6.03 Å². The van der Waals surface area contributed by atoms with E-state index in [4.69, 9.17) is 5.73 Å². The lowest BCUT2D eigenvalue weighted by Crippen LogP contribution is -2.41. The van der Waals surface area contributed by atoms with Crippen molar-refractivity contribution in [2.24, 2.45) is 5.73 Å². The van der Waals surface area contributed by atoms with E-state index in [1.165, 1.54) is 36.4 Å². The van der Waals surface area contributed by atoms with Crippen molar-refractivity contribution in [2.75, 3.05) is 0 Å². The normalized spacial score (nSPS) is 19.8. The van der Waals surface area contributed by atoms with E-state index in [1.54, 1.807) is 19.1 Å². The standard InChI is InChI=1S/C18H16FN3O3/c1-18(13-4-2-3-12(9-13)15(20)23)16(24)22(17(25)21-18)10-11-5-7-14(19)8-6-11/h2-9H,10H2,1H3,(H2,20,23)(H,21,25). The summed E-state index contributed by atoms with van der Waals surface area (Å²) >= 11 is 0. The minimum Gasteiger partial charge on any atom is -0.366 e. The second kappa shape index (κ2) is 6.01. The minimum absolute atomic E-state index is 0.0239. The third kappa shape index (κ3) is 2.96. The lowest BCUT2D eigenvalue weighted by molar-refractivity contribution is -0.131. The number of nitrogens with two attached hydrogens (primary N) is 1. The molecule has 0 aliphatic carbocycles. The number of amides is 4. The molecule has 2 aromatic carbocycles. The molecule has 1 aliphatic rings. The zero-order chi connectivity index (χ0) is 18.2. The Hall–Kier alpha value is -3.22. The Morgan fingerprint density at radius 3 is 2.52 bits per heavy atom. The molecule has 7 heteroatoms. The van der Waals surface area contributed by atoms with Crippen molar-refractivity contribution in [3.05, 3.63) is 71.0 Å². The fourth-order valence-corrected chi connectivity index (χ4v) is 2.79. The van der Waals surface area contributed by atoms with Gasteiger partial charge in [0.2, 0.25) is 5.91 Å². The van der Waals surface area contributed by atoms with Gasteiger partial charge in [0.05, 0.1) is 6.54 Å². The number of primary amides is 1. The summed E-state index contributed by atoms with van der Waals surface area (Å²) in [6.45, 7) is 1.59. The first kappa shape index (κ1) is 16.6. The van der Waals surface area contributed by atoms with Gasteiger partial charge in [0.1, 0.15) is 11.4 Å². The van der Waals surface area contributed by atoms with Crippen molar-refractivity contribution in [3.63, 3.8) is 0 Å². The highest BCUT2D eigenvalue weighted by molar-refractivity contribution is 6.07. The van der Waals surface area contributed by atoms with Crippen molar-refractivity contribution in [1.82, 2.24) is 10.2 Å². The van der Waals surface area contributed by atoms with Gasteiger partial charge in [-0.25, -0.2) is 9.18 Å². The molecule has 0 spiro atoms. The maximum absolute atomic E-state index is 13.0. The summed E-state index contributed by atoms with van der Waals surface area (Å²) in [4.78, 5) is 37.6. The van der Waals surface area contributed by atoms with Crippen LogP contribution in [-0.2, 0) is 16.9 Å². The van der Waals surface area contributed by atoms with Crippen LogP contribution in [0.4, 0.5) is 9.18 Å². The molecule has 0 radical (unpaired) electrons. The zero-order valence-electron chi connectivity index (χ0n) is 13.5. The maximum Gasteiger partial charge on any atom is 0.325 e. The maximum atomic E-state index is 13.0. The number of hydrogen-bond acceptors (Lipinski definition) is 3. The van der Waals surface area contributed by atoms with Crippen LogP contribution in [0, 0.1) is 5.82 Å². The lowest BCUT2D eigenvalue weighted by atomic mass is 9.90. The molecule has 2 aromatic rings. The van der Waals surface area contributed by atoms with Gasteiger partial charge < -0.3 is 11.1 Å². The third-order valence-corrected chi connectivity index (χ3v) is 4.25. The van der Waals surface area contributed by atoms with E-state index in [9.17, 15) is 18.8 Å². The minimum atomic E-state index is -1.30. The molecule has 0 bridgehead atoms. The highest BCUT2D eigenvalue weighted by Gasteiger charge is 2.49. The van der Waals surface area contributed by atoms with Crippen molar-refractivity contribution < 1.29 is 18.8 Å². The molecule has 128 valence electrons. The molecule has 25 heavy (non-hydrogen) atoms. The molecular formula is C18H16FN3O3. The van der Waals surface area contributed by atoms with Gasteiger partial charge in [-0.15, -0.1) is 0 Å². The van der Waals surface area contributed by atoms with Crippen LogP contribution in [-0.4, -0.2) is 22.7 Å². The number of carbonyl (C=O) groups excluding carboxylic acids is 3. The summed E-state index contributed by atoms with van der Waals surface area (Å²) in [5.41, 5.74) is 5.31. The summed E-state index contributed by atoms with van der Waals surface area (Å²) in [6, 6.07) is 11.3. The molecule has 3 N–H and O–H groups in total.